The molecule has 1 aliphatic rings. The number of hydrogen-bond acceptors (Lipinski definition) is 1. The van der Waals surface area contributed by atoms with Crippen molar-refractivity contribution in [3.8, 4) is 0 Å². The maximum absolute atomic E-state index is 5.49. The average molecular weight is 156 g/mol. The van der Waals surface area contributed by atoms with Gasteiger partial charge in [-0.2, -0.15) is 0 Å². The highest BCUT2D eigenvalue weighted by Gasteiger charge is 2.20. The lowest BCUT2D eigenvalue weighted by molar-refractivity contribution is 0.124. The van der Waals surface area contributed by atoms with Crippen LogP contribution >= 0.6 is 0 Å². The van der Waals surface area contributed by atoms with Gasteiger partial charge in [-0.3, -0.25) is 0 Å². The van der Waals surface area contributed by atoms with Crippen LogP contribution in [0.4, 0.5) is 0 Å². The van der Waals surface area contributed by atoms with E-state index in [1.165, 1.54) is 38.5 Å². The second kappa shape index (κ2) is 5.59. The summed E-state index contributed by atoms with van der Waals surface area (Å²) < 4.78 is 5.49. The van der Waals surface area contributed by atoms with Gasteiger partial charge in [0, 0.05) is 13.2 Å². The van der Waals surface area contributed by atoms with E-state index in [1.54, 1.807) is 0 Å². The van der Waals surface area contributed by atoms with Crippen LogP contribution in [0.2, 0.25) is 0 Å². The monoisotopic (exact) mass is 156 g/mol. The van der Waals surface area contributed by atoms with Crippen molar-refractivity contribution in [3.05, 3.63) is 0 Å². The van der Waals surface area contributed by atoms with Crippen molar-refractivity contribution in [2.24, 2.45) is 5.92 Å². The first-order valence-corrected chi connectivity index (χ1v) is 5.01. The first-order chi connectivity index (χ1) is 5.43. The van der Waals surface area contributed by atoms with E-state index in [2.05, 4.69) is 6.92 Å². The molecule has 1 heteroatoms. The lowest BCUT2D eigenvalue weighted by Gasteiger charge is -2.01. The summed E-state index contributed by atoms with van der Waals surface area (Å²) in [5, 5.41) is 0. The van der Waals surface area contributed by atoms with Crippen molar-refractivity contribution >= 4 is 0 Å². The summed E-state index contributed by atoms with van der Waals surface area (Å²) in [5.74, 6) is 1.03. The second-order valence-electron chi connectivity index (χ2n) is 3.55. The molecule has 0 aromatic carbocycles. The highest BCUT2D eigenvalue weighted by molar-refractivity contribution is 4.72. The minimum Gasteiger partial charge on any atom is -0.381 e. The third-order valence-corrected chi connectivity index (χ3v) is 2.26. The highest BCUT2D eigenvalue weighted by Crippen LogP contribution is 2.32. The Kier molecular flexibility index (Phi) is 4.60. The summed E-state index contributed by atoms with van der Waals surface area (Å²) in [6.45, 7) is 4.22. The molecule has 1 nitrogen and oxygen atoms in total. The standard InChI is InChI=1S/C10H20O/c1-2-3-4-8-11-9-7-10-5-6-10/h10H,2-9H2,1H3. The number of ether oxygens (including phenoxy) is 1. The number of unbranched alkanes of at least 4 members (excludes halogenated alkanes) is 2. The summed E-state index contributed by atoms with van der Waals surface area (Å²) in [6, 6.07) is 0. The Morgan fingerprint density at radius 1 is 1.18 bits per heavy atom. The molecule has 0 amide bonds. The minimum absolute atomic E-state index is 0.987. The topological polar surface area (TPSA) is 9.23 Å². The molecule has 0 spiro atoms. The smallest absolute Gasteiger partial charge is 0.0468 e. The maximum Gasteiger partial charge on any atom is 0.0468 e. The molecule has 0 aromatic heterocycles. The molecule has 1 aliphatic carbocycles. The molecule has 66 valence electrons. The van der Waals surface area contributed by atoms with Gasteiger partial charge in [-0.25, -0.2) is 0 Å². The third kappa shape index (κ3) is 5.25. The van der Waals surface area contributed by atoms with Gasteiger partial charge in [0.2, 0.25) is 0 Å². The lowest BCUT2D eigenvalue weighted by atomic mass is 10.3. The maximum atomic E-state index is 5.49. The minimum atomic E-state index is 0.987. The molecule has 0 atom stereocenters. The van der Waals surface area contributed by atoms with Crippen LogP contribution in [-0.4, -0.2) is 13.2 Å². The van der Waals surface area contributed by atoms with E-state index in [9.17, 15) is 0 Å². The fourth-order valence-electron chi connectivity index (χ4n) is 1.21. The SMILES string of the molecule is CCCCCOCCC1CC1. The zero-order valence-corrected chi connectivity index (χ0v) is 7.64. The molecular formula is C10H20O. The highest BCUT2D eigenvalue weighted by atomic mass is 16.5. The Morgan fingerprint density at radius 2 is 2.00 bits per heavy atom. The molecule has 0 radical (unpaired) electrons. The molecule has 0 aromatic rings. The predicted molar refractivity (Wildman–Crippen MR) is 47.7 cm³/mol. The number of hydrogen-bond donors (Lipinski definition) is 0. The van der Waals surface area contributed by atoms with Gasteiger partial charge in [0.05, 0.1) is 0 Å². The molecule has 1 saturated carbocycles. The summed E-state index contributed by atoms with van der Waals surface area (Å²) in [7, 11) is 0. The van der Waals surface area contributed by atoms with Crippen LogP contribution in [0.3, 0.4) is 0 Å². The zero-order chi connectivity index (χ0) is 7.94. The molecule has 0 N–H and O–H groups in total. The molecule has 0 bridgehead atoms. The Bertz CT molecular complexity index is 86.9. The molecule has 0 unspecified atom stereocenters. The Morgan fingerprint density at radius 3 is 2.64 bits per heavy atom. The molecule has 1 rings (SSSR count). The van der Waals surface area contributed by atoms with Crippen LogP contribution in [0.15, 0.2) is 0 Å². The molecule has 11 heavy (non-hydrogen) atoms. The van der Waals surface area contributed by atoms with Crippen molar-refractivity contribution in [3.63, 3.8) is 0 Å². The first kappa shape index (κ1) is 9.05. The average Bonchev–Trinajstić information content (AvgIpc) is 2.80. The van der Waals surface area contributed by atoms with Gasteiger partial charge >= 0.3 is 0 Å². The molecule has 1 fully saturated rings. The van der Waals surface area contributed by atoms with Crippen LogP contribution < -0.4 is 0 Å². The van der Waals surface area contributed by atoms with Gasteiger partial charge in [0.15, 0.2) is 0 Å². The lowest BCUT2D eigenvalue weighted by Crippen LogP contribution is -1.97. The van der Waals surface area contributed by atoms with Gasteiger partial charge in [0.25, 0.3) is 0 Å². The van der Waals surface area contributed by atoms with E-state index in [0.29, 0.717) is 0 Å². The van der Waals surface area contributed by atoms with Gasteiger partial charge in [-0.15, -0.1) is 0 Å². The quantitative estimate of drug-likeness (QED) is 0.515. The van der Waals surface area contributed by atoms with Crippen molar-refractivity contribution in [2.75, 3.05) is 13.2 Å². The summed E-state index contributed by atoms with van der Waals surface area (Å²) in [6.07, 6.45) is 8.10. The molecule has 0 saturated heterocycles. The molecule has 0 aliphatic heterocycles. The van der Waals surface area contributed by atoms with Crippen LogP contribution in [0.5, 0.6) is 0 Å². The number of rotatable bonds is 7. The predicted octanol–water partition coefficient (Wildman–Crippen LogP) is 2.99. The fraction of sp³-hybridized carbons (Fsp3) is 1.00. The third-order valence-electron chi connectivity index (χ3n) is 2.26. The van der Waals surface area contributed by atoms with Crippen LogP contribution in [0, 0.1) is 5.92 Å². The summed E-state index contributed by atoms with van der Waals surface area (Å²) in [5.41, 5.74) is 0. The van der Waals surface area contributed by atoms with E-state index in [1.807, 2.05) is 0 Å². The van der Waals surface area contributed by atoms with Gasteiger partial charge in [-0.1, -0.05) is 32.6 Å². The molecule has 0 heterocycles. The Hall–Kier alpha value is -0.0400. The first-order valence-electron chi connectivity index (χ1n) is 5.01. The second-order valence-corrected chi connectivity index (χ2v) is 3.55. The van der Waals surface area contributed by atoms with Gasteiger partial charge in [-0.05, 0) is 18.8 Å². The van der Waals surface area contributed by atoms with Crippen molar-refractivity contribution in [1.82, 2.24) is 0 Å². The van der Waals surface area contributed by atoms with E-state index in [0.717, 1.165) is 19.1 Å². The van der Waals surface area contributed by atoms with Crippen LogP contribution in [-0.2, 0) is 4.74 Å². The van der Waals surface area contributed by atoms with Crippen molar-refractivity contribution < 1.29 is 4.74 Å². The van der Waals surface area contributed by atoms with E-state index < -0.39 is 0 Å². The van der Waals surface area contributed by atoms with Gasteiger partial charge in [0.1, 0.15) is 0 Å². The van der Waals surface area contributed by atoms with E-state index >= 15 is 0 Å². The normalized spacial score (nSPS) is 17.2. The van der Waals surface area contributed by atoms with Gasteiger partial charge < -0.3 is 4.74 Å². The fourth-order valence-corrected chi connectivity index (χ4v) is 1.21. The Labute approximate surface area is 70.1 Å². The molecular weight excluding hydrogens is 136 g/mol. The van der Waals surface area contributed by atoms with E-state index in [-0.39, 0.29) is 0 Å². The largest absolute Gasteiger partial charge is 0.381 e. The summed E-state index contributed by atoms with van der Waals surface area (Å²) >= 11 is 0. The van der Waals surface area contributed by atoms with Crippen LogP contribution in [0.25, 0.3) is 0 Å². The van der Waals surface area contributed by atoms with E-state index in [4.69, 9.17) is 4.74 Å². The Balaban J connectivity index is 1.66. The van der Waals surface area contributed by atoms with Crippen molar-refractivity contribution in [1.29, 1.82) is 0 Å². The van der Waals surface area contributed by atoms with Crippen molar-refractivity contribution in [2.45, 2.75) is 45.4 Å². The summed E-state index contributed by atoms with van der Waals surface area (Å²) in [4.78, 5) is 0. The zero-order valence-electron chi connectivity index (χ0n) is 7.64. The van der Waals surface area contributed by atoms with Crippen LogP contribution in [0.1, 0.15) is 45.4 Å².